The van der Waals surface area contributed by atoms with Crippen LogP contribution in [0.25, 0.3) is 0 Å². The van der Waals surface area contributed by atoms with Crippen LogP contribution in [0.4, 0.5) is 5.69 Å². The van der Waals surface area contributed by atoms with E-state index >= 15 is 0 Å². The second-order valence-corrected chi connectivity index (χ2v) is 7.47. The van der Waals surface area contributed by atoms with Crippen molar-refractivity contribution in [3.63, 3.8) is 0 Å². The minimum absolute atomic E-state index is 0.0232. The maximum absolute atomic E-state index is 12.0. The van der Waals surface area contributed by atoms with Gasteiger partial charge in [0.15, 0.2) is 0 Å². The molecule has 0 saturated carbocycles. The molecule has 0 spiro atoms. The zero-order valence-corrected chi connectivity index (χ0v) is 19.1. The molecule has 0 radical (unpaired) electrons. The lowest BCUT2D eigenvalue weighted by atomic mass is 10.2. The molecular weight excluding hydrogens is 457 g/mol. The van der Waals surface area contributed by atoms with Crippen LogP contribution in [0.5, 0.6) is 11.5 Å². The van der Waals surface area contributed by atoms with Crippen LogP contribution < -0.4 is 25.6 Å². The van der Waals surface area contributed by atoms with E-state index in [1.807, 2.05) is 6.92 Å². The second-order valence-electron chi connectivity index (χ2n) is 6.63. The van der Waals surface area contributed by atoms with Gasteiger partial charge < -0.3 is 14.8 Å². The Morgan fingerprint density at radius 2 is 1.50 bits per heavy atom. The summed E-state index contributed by atoms with van der Waals surface area (Å²) in [5.74, 6) is 0.0373. The average molecular weight is 482 g/mol. The Bertz CT molecular complexity index is 922. The van der Waals surface area contributed by atoms with Gasteiger partial charge in [-0.3, -0.25) is 25.2 Å². The Morgan fingerprint density at radius 3 is 2.16 bits per heavy atom. The Labute approximate surface area is 196 Å². The summed E-state index contributed by atoms with van der Waals surface area (Å²) in [6.45, 7) is 2.72. The maximum atomic E-state index is 12.0. The monoisotopic (exact) mass is 481 g/mol. The summed E-state index contributed by atoms with van der Waals surface area (Å²) >= 11 is 11.8. The van der Waals surface area contributed by atoms with E-state index in [9.17, 15) is 14.4 Å². The molecule has 0 heterocycles. The van der Waals surface area contributed by atoms with Gasteiger partial charge in [0.05, 0.1) is 18.2 Å². The number of halogens is 2. The normalized spacial score (nSPS) is 10.2. The summed E-state index contributed by atoms with van der Waals surface area (Å²) in [6.07, 6.45) is 0.473. The van der Waals surface area contributed by atoms with E-state index < -0.39 is 5.91 Å². The number of amides is 3. The molecule has 0 bridgehead atoms. The number of nitrogens with one attached hydrogen (secondary N) is 3. The van der Waals surface area contributed by atoms with E-state index in [-0.39, 0.29) is 37.7 Å². The molecule has 2 aromatic rings. The molecule has 0 aromatic heterocycles. The van der Waals surface area contributed by atoms with E-state index in [0.29, 0.717) is 40.3 Å². The van der Waals surface area contributed by atoms with Crippen LogP contribution in [-0.2, 0) is 14.4 Å². The van der Waals surface area contributed by atoms with Crippen LogP contribution in [0.15, 0.2) is 42.5 Å². The standard InChI is InChI=1S/C22H25Cl2N3O5/c1-2-31-17-8-6-16(7-9-17)25-20(28)11-12-22(30)27-26-21(29)4-3-13-32-19-10-5-15(23)14-18(19)24/h5-10,14H,2-4,11-13H2,1H3,(H,25,28)(H,26,29)(H,27,30). The topological polar surface area (TPSA) is 106 Å². The predicted molar refractivity (Wildman–Crippen MR) is 123 cm³/mol. The van der Waals surface area contributed by atoms with Crippen molar-refractivity contribution in [2.24, 2.45) is 0 Å². The largest absolute Gasteiger partial charge is 0.494 e. The van der Waals surface area contributed by atoms with Crippen LogP contribution in [0.2, 0.25) is 10.0 Å². The third-order valence-corrected chi connectivity index (χ3v) is 4.60. The summed E-state index contributed by atoms with van der Waals surface area (Å²) in [5, 5.41) is 3.59. The molecule has 0 unspecified atom stereocenters. The van der Waals surface area contributed by atoms with Crippen molar-refractivity contribution in [1.29, 1.82) is 0 Å². The van der Waals surface area contributed by atoms with Crippen molar-refractivity contribution >= 4 is 46.6 Å². The van der Waals surface area contributed by atoms with E-state index in [0.717, 1.165) is 0 Å². The summed E-state index contributed by atoms with van der Waals surface area (Å²) < 4.78 is 10.8. The van der Waals surface area contributed by atoms with Gasteiger partial charge in [-0.25, -0.2) is 0 Å². The fraction of sp³-hybridized carbons (Fsp3) is 0.318. The number of benzene rings is 2. The van der Waals surface area contributed by atoms with Gasteiger partial charge >= 0.3 is 0 Å². The van der Waals surface area contributed by atoms with Crippen LogP contribution in [0, 0.1) is 0 Å². The van der Waals surface area contributed by atoms with Gasteiger partial charge in [-0.05, 0) is 55.8 Å². The Balaban J connectivity index is 1.57. The number of carbonyl (C=O) groups is 3. The summed E-state index contributed by atoms with van der Waals surface area (Å²) in [6, 6.07) is 11.8. The van der Waals surface area contributed by atoms with Crippen molar-refractivity contribution in [3.05, 3.63) is 52.5 Å². The smallest absolute Gasteiger partial charge is 0.238 e. The predicted octanol–water partition coefficient (Wildman–Crippen LogP) is 4.12. The fourth-order valence-electron chi connectivity index (χ4n) is 2.52. The molecule has 0 aliphatic heterocycles. The molecule has 3 amide bonds. The van der Waals surface area contributed by atoms with Crippen LogP contribution in [0.1, 0.15) is 32.6 Å². The first-order valence-corrected chi connectivity index (χ1v) is 10.8. The fourth-order valence-corrected chi connectivity index (χ4v) is 2.99. The maximum Gasteiger partial charge on any atom is 0.238 e. The first kappa shape index (κ1) is 25.3. The highest BCUT2D eigenvalue weighted by Crippen LogP contribution is 2.27. The molecule has 32 heavy (non-hydrogen) atoms. The van der Waals surface area contributed by atoms with Crippen LogP contribution in [-0.4, -0.2) is 30.9 Å². The molecule has 2 rings (SSSR count). The highest BCUT2D eigenvalue weighted by atomic mass is 35.5. The van der Waals surface area contributed by atoms with Crippen molar-refractivity contribution < 1.29 is 23.9 Å². The summed E-state index contributed by atoms with van der Waals surface area (Å²) in [7, 11) is 0. The average Bonchev–Trinajstić information content (AvgIpc) is 2.76. The molecule has 3 N–H and O–H groups in total. The highest BCUT2D eigenvalue weighted by Gasteiger charge is 2.09. The lowest BCUT2D eigenvalue weighted by Crippen LogP contribution is -2.41. The van der Waals surface area contributed by atoms with E-state index in [2.05, 4.69) is 16.2 Å². The molecular formula is C22H25Cl2N3O5. The molecule has 172 valence electrons. The highest BCUT2D eigenvalue weighted by molar-refractivity contribution is 6.35. The zero-order valence-electron chi connectivity index (χ0n) is 17.6. The first-order valence-electron chi connectivity index (χ1n) is 10.1. The van der Waals surface area contributed by atoms with Gasteiger partial charge in [-0.2, -0.15) is 0 Å². The molecule has 0 aliphatic carbocycles. The molecule has 10 heteroatoms. The number of carbonyl (C=O) groups excluding carboxylic acids is 3. The van der Waals surface area contributed by atoms with E-state index in [1.54, 1.807) is 42.5 Å². The Morgan fingerprint density at radius 1 is 0.844 bits per heavy atom. The first-order chi connectivity index (χ1) is 15.4. The van der Waals surface area contributed by atoms with Crippen LogP contribution >= 0.6 is 23.2 Å². The van der Waals surface area contributed by atoms with Gasteiger partial charge in [0.1, 0.15) is 11.5 Å². The van der Waals surface area contributed by atoms with Crippen molar-refractivity contribution in [1.82, 2.24) is 10.9 Å². The minimum atomic E-state index is -0.468. The third-order valence-electron chi connectivity index (χ3n) is 4.07. The molecule has 0 fully saturated rings. The van der Waals surface area contributed by atoms with Crippen LogP contribution in [0.3, 0.4) is 0 Å². The van der Waals surface area contributed by atoms with Crippen molar-refractivity contribution in [2.45, 2.75) is 32.6 Å². The SMILES string of the molecule is CCOc1ccc(NC(=O)CCC(=O)NNC(=O)CCCOc2ccc(Cl)cc2Cl)cc1. The molecule has 8 nitrogen and oxygen atoms in total. The van der Waals surface area contributed by atoms with E-state index in [4.69, 9.17) is 32.7 Å². The number of hydrogen-bond acceptors (Lipinski definition) is 5. The molecule has 0 aliphatic rings. The van der Waals surface area contributed by atoms with Gasteiger partial charge in [0.25, 0.3) is 0 Å². The summed E-state index contributed by atoms with van der Waals surface area (Å²) in [5.41, 5.74) is 5.20. The molecule has 2 aromatic carbocycles. The van der Waals surface area contributed by atoms with Gasteiger partial charge in [0.2, 0.25) is 17.7 Å². The quantitative estimate of drug-likeness (QED) is 0.330. The number of rotatable bonds is 11. The second kappa shape index (κ2) is 13.4. The van der Waals surface area contributed by atoms with Gasteiger partial charge in [-0.15, -0.1) is 0 Å². The number of hydrogen-bond donors (Lipinski definition) is 3. The lowest BCUT2D eigenvalue weighted by Gasteiger charge is -2.10. The number of ether oxygens (including phenoxy) is 2. The molecule has 0 atom stereocenters. The minimum Gasteiger partial charge on any atom is -0.494 e. The van der Waals surface area contributed by atoms with Crippen molar-refractivity contribution in [3.8, 4) is 11.5 Å². The Hall–Kier alpha value is -2.97. The molecule has 0 saturated heterocycles. The number of anilines is 1. The number of hydrazine groups is 1. The Kier molecular flexibility index (Phi) is 10.6. The lowest BCUT2D eigenvalue weighted by molar-refractivity contribution is -0.129. The summed E-state index contributed by atoms with van der Waals surface area (Å²) in [4.78, 5) is 35.6. The van der Waals surface area contributed by atoms with Gasteiger partial charge in [0, 0.05) is 30.0 Å². The third kappa shape index (κ3) is 9.45. The van der Waals surface area contributed by atoms with Crippen molar-refractivity contribution in [2.75, 3.05) is 18.5 Å². The zero-order chi connectivity index (χ0) is 23.3. The van der Waals surface area contributed by atoms with E-state index in [1.165, 1.54) is 0 Å². The van der Waals surface area contributed by atoms with Gasteiger partial charge in [-0.1, -0.05) is 23.2 Å².